The van der Waals surface area contributed by atoms with Gasteiger partial charge in [0, 0.05) is 43.3 Å². The first-order chi connectivity index (χ1) is 17.0. The molecular weight excluding hydrogens is 445 g/mol. The molecule has 3 atom stereocenters. The second-order valence-corrected chi connectivity index (χ2v) is 9.92. The number of aliphatic hydroxyl groups is 1. The van der Waals surface area contributed by atoms with Crippen LogP contribution in [0.15, 0.2) is 42.5 Å². The highest BCUT2D eigenvalue weighted by Gasteiger charge is 2.27. The molecule has 2 fully saturated rings. The number of aliphatic hydroxyl groups excluding tert-OH is 1. The summed E-state index contributed by atoms with van der Waals surface area (Å²) in [5, 5.41) is 15.9. The fourth-order valence-electron chi connectivity index (χ4n) is 5.45. The van der Waals surface area contributed by atoms with E-state index in [-0.39, 0.29) is 36.2 Å². The van der Waals surface area contributed by atoms with Crippen molar-refractivity contribution in [3.05, 3.63) is 65.0 Å². The van der Waals surface area contributed by atoms with Gasteiger partial charge in [-0.05, 0) is 80.3 Å². The molecule has 0 unspecified atom stereocenters. The van der Waals surface area contributed by atoms with E-state index in [1.165, 1.54) is 18.7 Å². The number of rotatable bonds is 9. The topological polar surface area (TPSA) is 73.8 Å². The van der Waals surface area contributed by atoms with E-state index in [4.69, 9.17) is 9.84 Å². The summed E-state index contributed by atoms with van der Waals surface area (Å²) in [6, 6.07) is 13.8. The summed E-state index contributed by atoms with van der Waals surface area (Å²) >= 11 is 0. The highest BCUT2D eigenvalue weighted by Crippen LogP contribution is 2.36. The molecule has 0 radical (unpaired) electrons. The number of ether oxygens (including phenoxy) is 1. The first-order valence-electron chi connectivity index (χ1n) is 12.8. The van der Waals surface area contributed by atoms with Gasteiger partial charge in [0.15, 0.2) is 11.6 Å². The van der Waals surface area contributed by atoms with Crippen LogP contribution < -0.4 is 15.4 Å². The monoisotopic (exact) mass is 483 g/mol. The van der Waals surface area contributed by atoms with E-state index < -0.39 is 0 Å². The molecule has 0 spiro atoms. The Labute approximate surface area is 207 Å². The van der Waals surface area contributed by atoms with E-state index in [2.05, 4.69) is 34.6 Å². The van der Waals surface area contributed by atoms with Crippen molar-refractivity contribution in [2.24, 2.45) is 0 Å². The van der Waals surface area contributed by atoms with Gasteiger partial charge in [0.1, 0.15) is 0 Å². The lowest BCUT2D eigenvalue weighted by Crippen LogP contribution is -2.45. The number of β-amino-alcohol motifs (C(OH)–C–C–N with tert-alkyl or cyclic N) is 1. The van der Waals surface area contributed by atoms with Crippen LogP contribution in [0.1, 0.15) is 72.5 Å². The van der Waals surface area contributed by atoms with Crippen LogP contribution in [0.25, 0.3) is 0 Å². The molecule has 4 rings (SSSR count). The summed E-state index contributed by atoms with van der Waals surface area (Å²) < 4.78 is 18.9. The summed E-state index contributed by atoms with van der Waals surface area (Å²) in [5.41, 5.74) is 3.00. The molecule has 1 amide bonds. The van der Waals surface area contributed by atoms with Gasteiger partial charge in [-0.2, -0.15) is 0 Å². The van der Waals surface area contributed by atoms with Crippen molar-refractivity contribution in [1.82, 2.24) is 15.5 Å². The molecule has 1 heterocycles. The predicted molar refractivity (Wildman–Crippen MR) is 135 cm³/mol. The minimum Gasteiger partial charge on any atom is -0.494 e. The van der Waals surface area contributed by atoms with Gasteiger partial charge < -0.3 is 25.4 Å². The standard InChI is InChI=1S/C28H38FN3O3/c1-19(22-8-10-26(29)27(18-22)35-2)30-25-9-7-23(17-25)20-3-5-21(6-4-20)28(34)31-24-11-13-32(14-12-24)15-16-33/h3-6,8,10,18-19,23-25,30,33H,7,9,11-17H2,1-2H3,(H,31,34)/t19-,23-,25+/m1/s1. The number of hydrogen-bond donors (Lipinski definition) is 3. The molecule has 3 N–H and O–H groups in total. The average molecular weight is 484 g/mol. The lowest BCUT2D eigenvalue weighted by atomic mass is 9.96. The number of nitrogens with zero attached hydrogens (tertiary/aromatic N) is 1. The van der Waals surface area contributed by atoms with Crippen molar-refractivity contribution in [2.45, 2.75) is 63.1 Å². The molecule has 1 aliphatic carbocycles. The molecule has 35 heavy (non-hydrogen) atoms. The maximum atomic E-state index is 13.7. The summed E-state index contributed by atoms with van der Waals surface area (Å²) in [5.74, 6) is 0.392. The number of carbonyl (C=O) groups excluding carboxylic acids is 1. The molecule has 6 nitrogen and oxygen atoms in total. The Morgan fingerprint density at radius 1 is 1.11 bits per heavy atom. The maximum Gasteiger partial charge on any atom is 0.251 e. The van der Waals surface area contributed by atoms with Gasteiger partial charge >= 0.3 is 0 Å². The van der Waals surface area contributed by atoms with E-state index in [0.717, 1.165) is 50.8 Å². The van der Waals surface area contributed by atoms with E-state index >= 15 is 0 Å². The van der Waals surface area contributed by atoms with Gasteiger partial charge in [0.2, 0.25) is 0 Å². The number of carbonyl (C=O) groups is 1. The van der Waals surface area contributed by atoms with Crippen molar-refractivity contribution >= 4 is 5.91 Å². The molecule has 7 heteroatoms. The third kappa shape index (κ3) is 6.60. The van der Waals surface area contributed by atoms with Crippen LogP contribution in [-0.4, -0.2) is 61.3 Å². The van der Waals surface area contributed by atoms with Gasteiger partial charge in [-0.15, -0.1) is 0 Å². The van der Waals surface area contributed by atoms with Crippen molar-refractivity contribution < 1.29 is 19.0 Å². The molecule has 2 aromatic rings. The van der Waals surface area contributed by atoms with Crippen molar-refractivity contribution in [3.8, 4) is 5.75 Å². The van der Waals surface area contributed by atoms with Crippen molar-refractivity contribution in [1.29, 1.82) is 0 Å². The SMILES string of the molecule is COc1cc([C@@H](C)N[C@H]2CC[C@@H](c3ccc(C(=O)NC4CCN(CCO)CC4)cc3)C2)ccc1F. The fraction of sp³-hybridized carbons (Fsp3) is 0.536. The largest absolute Gasteiger partial charge is 0.494 e. The Morgan fingerprint density at radius 3 is 2.54 bits per heavy atom. The molecule has 2 aromatic carbocycles. The zero-order valence-electron chi connectivity index (χ0n) is 20.8. The quantitative estimate of drug-likeness (QED) is 0.503. The average Bonchev–Trinajstić information content (AvgIpc) is 3.34. The molecule has 1 saturated carbocycles. The molecule has 190 valence electrons. The van der Waals surface area contributed by atoms with E-state index in [1.54, 1.807) is 6.07 Å². The lowest BCUT2D eigenvalue weighted by molar-refractivity contribution is 0.0903. The molecule has 1 aliphatic heterocycles. The summed E-state index contributed by atoms with van der Waals surface area (Å²) in [7, 11) is 1.49. The third-order valence-corrected chi connectivity index (χ3v) is 7.58. The van der Waals surface area contributed by atoms with Crippen LogP contribution in [0.5, 0.6) is 5.75 Å². The van der Waals surface area contributed by atoms with E-state index in [1.807, 2.05) is 18.2 Å². The first-order valence-corrected chi connectivity index (χ1v) is 12.8. The van der Waals surface area contributed by atoms with Gasteiger partial charge in [-0.25, -0.2) is 4.39 Å². The lowest BCUT2D eigenvalue weighted by Gasteiger charge is -2.31. The number of hydrogen-bond acceptors (Lipinski definition) is 5. The Balaban J connectivity index is 1.26. The molecule has 2 aliphatic rings. The Bertz CT molecular complexity index is 976. The minimum absolute atomic E-state index is 0.00771. The van der Waals surface area contributed by atoms with Crippen LogP contribution in [-0.2, 0) is 0 Å². The van der Waals surface area contributed by atoms with Crippen LogP contribution in [0, 0.1) is 5.82 Å². The Morgan fingerprint density at radius 2 is 1.86 bits per heavy atom. The van der Waals surface area contributed by atoms with Gasteiger partial charge in [0.25, 0.3) is 5.91 Å². The minimum atomic E-state index is -0.343. The van der Waals surface area contributed by atoms with Gasteiger partial charge in [-0.3, -0.25) is 4.79 Å². The number of methoxy groups -OCH3 is 1. The molecule has 0 bridgehead atoms. The number of amides is 1. The third-order valence-electron chi connectivity index (χ3n) is 7.58. The second-order valence-electron chi connectivity index (χ2n) is 9.92. The van der Waals surface area contributed by atoms with Gasteiger partial charge in [0.05, 0.1) is 13.7 Å². The maximum absolute atomic E-state index is 13.7. The van der Waals surface area contributed by atoms with Crippen LogP contribution in [0.3, 0.4) is 0 Å². The van der Waals surface area contributed by atoms with Gasteiger partial charge in [-0.1, -0.05) is 18.2 Å². The normalized spacial score (nSPS) is 22.2. The molecule has 1 saturated heterocycles. The number of piperidine rings is 1. The van der Waals surface area contributed by atoms with Crippen molar-refractivity contribution in [3.63, 3.8) is 0 Å². The van der Waals surface area contributed by atoms with Crippen LogP contribution in [0.4, 0.5) is 4.39 Å². The smallest absolute Gasteiger partial charge is 0.251 e. The highest BCUT2D eigenvalue weighted by atomic mass is 19.1. The highest BCUT2D eigenvalue weighted by molar-refractivity contribution is 5.94. The number of halogens is 1. The number of benzene rings is 2. The van der Waals surface area contributed by atoms with Crippen LogP contribution in [0.2, 0.25) is 0 Å². The number of likely N-dealkylation sites (tertiary alicyclic amines) is 1. The zero-order valence-corrected chi connectivity index (χ0v) is 20.8. The fourth-order valence-corrected chi connectivity index (χ4v) is 5.45. The van der Waals surface area contributed by atoms with Crippen molar-refractivity contribution in [2.75, 3.05) is 33.4 Å². The second kappa shape index (κ2) is 12.0. The predicted octanol–water partition coefficient (Wildman–Crippen LogP) is 4.01. The Hall–Kier alpha value is -2.48. The number of nitrogens with one attached hydrogen (secondary N) is 2. The zero-order chi connectivity index (χ0) is 24.8. The Kier molecular flexibility index (Phi) is 8.76. The molecule has 0 aromatic heterocycles. The summed E-state index contributed by atoms with van der Waals surface area (Å²) in [6.07, 6.45) is 5.08. The van der Waals surface area contributed by atoms with E-state index in [0.29, 0.717) is 24.1 Å². The first kappa shape index (κ1) is 25.6. The molecular formula is C28H38FN3O3. The van der Waals surface area contributed by atoms with Crippen LogP contribution >= 0.6 is 0 Å². The summed E-state index contributed by atoms with van der Waals surface area (Å²) in [4.78, 5) is 15.0. The summed E-state index contributed by atoms with van der Waals surface area (Å²) in [6.45, 7) is 4.82. The van der Waals surface area contributed by atoms with E-state index in [9.17, 15) is 9.18 Å².